The number of nitrogens with zero attached hydrogens (tertiary/aromatic N) is 1. The van der Waals surface area contributed by atoms with Crippen molar-refractivity contribution in [3.05, 3.63) is 28.7 Å². The van der Waals surface area contributed by atoms with Crippen molar-refractivity contribution < 1.29 is 24.2 Å². The second-order valence-electron chi connectivity index (χ2n) is 8.62. The third-order valence-corrected chi connectivity index (χ3v) is 6.84. The summed E-state index contributed by atoms with van der Waals surface area (Å²) in [7, 11) is 1.58. The number of carbonyl (C=O) groups excluding carboxylic acids is 1. The SMILES string of the molecule is CCCCCCC[C@@H](C)Oc1ccc(/C=C2/SC(=S)N([C@H](C(=O)O)C(C)C)C2=O)cc1OC. The summed E-state index contributed by atoms with van der Waals surface area (Å²) >= 11 is 6.44. The Morgan fingerprint density at radius 3 is 2.48 bits per heavy atom. The van der Waals surface area contributed by atoms with Gasteiger partial charge in [0.15, 0.2) is 11.5 Å². The number of carboxylic acid groups (broad SMARTS) is 1. The molecule has 1 heterocycles. The molecule has 0 bridgehead atoms. The number of carbonyl (C=O) groups is 2. The maximum absolute atomic E-state index is 12.9. The largest absolute Gasteiger partial charge is 0.493 e. The molecule has 6 nitrogen and oxygen atoms in total. The van der Waals surface area contributed by atoms with Crippen molar-refractivity contribution in [1.29, 1.82) is 0 Å². The molecule has 1 amide bonds. The van der Waals surface area contributed by atoms with Crippen LogP contribution in [0.1, 0.15) is 71.8 Å². The first-order valence-electron chi connectivity index (χ1n) is 11.5. The first-order valence-corrected chi connectivity index (χ1v) is 12.8. The number of thiocarbonyl (C=S) groups is 1. The molecule has 0 unspecified atom stereocenters. The predicted molar refractivity (Wildman–Crippen MR) is 138 cm³/mol. The second kappa shape index (κ2) is 13.0. The molecule has 0 spiro atoms. The minimum absolute atomic E-state index is 0.0756. The number of hydrogen-bond donors (Lipinski definition) is 1. The van der Waals surface area contributed by atoms with Crippen molar-refractivity contribution >= 4 is 46.3 Å². The van der Waals surface area contributed by atoms with Crippen molar-refractivity contribution in [3.63, 3.8) is 0 Å². The summed E-state index contributed by atoms with van der Waals surface area (Å²) < 4.78 is 11.9. The van der Waals surface area contributed by atoms with E-state index in [0.29, 0.717) is 16.4 Å². The number of benzene rings is 1. The molecule has 8 heteroatoms. The Morgan fingerprint density at radius 2 is 1.88 bits per heavy atom. The molecule has 33 heavy (non-hydrogen) atoms. The number of rotatable bonds is 13. The Balaban J connectivity index is 2.11. The van der Waals surface area contributed by atoms with Crippen molar-refractivity contribution in [3.8, 4) is 11.5 Å². The predicted octanol–water partition coefficient (Wildman–Crippen LogP) is 6.13. The van der Waals surface area contributed by atoms with Gasteiger partial charge in [0.25, 0.3) is 5.91 Å². The molecule has 1 aromatic carbocycles. The summed E-state index contributed by atoms with van der Waals surface area (Å²) in [4.78, 5) is 26.2. The van der Waals surface area contributed by atoms with Gasteiger partial charge in [0, 0.05) is 0 Å². The average Bonchev–Trinajstić information content (AvgIpc) is 3.02. The van der Waals surface area contributed by atoms with Crippen molar-refractivity contribution in [2.24, 2.45) is 5.92 Å². The number of ether oxygens (including phenoxy) is 2. The second-order valence-corrected chi connectivity index (χ2v) is 10.3. The molecule has 2 atom stereocenters. The molecule has 1 aromatic rings. The summed E-state index contributed by atoms with van der Waals surface area (Å²) in [5.74, 6) is -0.474. The summed E-state index contributed by atoms with van der Waals surface area (Å²) in [6.07, 6.45) is 8.89. The molecule has 0 aromatic heterocycles. The number of methoxy groups -OCH3 is 1. The molecule has 0 radical (unpaired) electrons. The van der Waals surface area contributed by atoms with E-state index in [1.54, 1.807) is 27.0 Å². The maximum atomic E-state index is 12.9. The van der Waals surface area contributed by atoms with E-state index in [1.165, 1.54) is 30.6 Å². The monoisotopic (exact) mass is 493 g/mol. The minimum atomic E-state index is -1.06. The van der Waals surface area contributed by atoms with Crippen LogP contribution in [-0.4, -0.2) is 45.5 Å². The van der Waals surface area contributed by atoms with Gasteiger partial charge in [-0.25, -0.2) is 4.79 Å². The fraction of sp³-hybridized carbons (Fsp3) is 0.560. The van der Waals surface area contributed by atoms with Gasteiger partial charge in [0.05, 0.1) is 18.1 Å². The van der Waals surface area contributed by atoms with E-state index in [2.05, 4.69) is 13.8 Å². The fourth-order valence-corrected chi connectivity index (χ4v) is 5.08. The molecule has 0 saturated carbocycles. The highest BCUT2D eigenvalue weighted by Gasteiger charge is 2.41. The van der Waals surface area contributed by atoms with E-state index in [4.69, 9.17) is 21.7 Å². The highest BCUT2D eigenvalue weighted by Crippen LogP contribution is 2.37. The van der Waals surface area contributed by atoms with Crippen LogP contribution in [0.2, 0.25) is 0 Å². The Hall–Kier alpha value is -2.06. The molecule has 1 N–H and O–H groups in total. The number of amides is 1. The third kappa shape index (κ3) is 7.47. The van der Waals surface area contributed by atoms with Gasteiger partial charge in [0.2, 0.25) is 0 Å². The van der Waals surface area contributed by atoms with Crippen LogP contribution in [0.3, 0.4) is 0 Å². The van der Waals surface area contributed by atoms with Crippen LogP contribution in [0.5, 0.6) is 11.5 Å². The highest BCUT2D eigenvalue weighted by molar-refractivity contribution is 8.26. The van der Waals surface area contributed by atoms with Crippen LogP contribution in [0.25, 0.3) is 6.08 Å². The Labute approximate surface area is 206 Å². The lowest BCUT2D eigenvalue weighted by atomic mass is 10.0. The molecule has 182 valence electrons. The molecule has 1 fully saturated rings. The van der Waals surface area contributed by atoms with E-state index in [0.717, 1.165) is 30.2 Å². The standard InChI is InChI=1S/C25H35NO5S2/c1-6-7-8-9-10-11-17(4)31-19-13-12-18(14-20(19)30-5)15-21-23(27)26(25(32)33-21)22(16(2)3)24(28)29/h12-17,22H,6-11H2,1-5H3,(H,28,29)/b21-15+/t17-,22+/m1/s1. The summed E-state index contributed by atoms with van der Waals surface area (Å²) in [5.41, 5.74) is 0.753. The smallest absolute Gasteiger partial charge is 0.327 e. The average molecular weight is 494 g/mol. The highest BCUT2D eigenvalue weighted by atomic mass is 32.2. The van der Waals surface area contributed by atoms with Gasteiger partial charge < -0.3 is 14.6 Å². The van der Waals surface area contributed by atoms with E-state index in [1.807, 2.05) is 18.2 Å². The summed E-state index contributed by atoms with van der Waals surface area (Å²) in [5, 5.41) is 9.57. The van der Waals surface area contributed by atoms with Crippen LogP contribution in [-0.2, 0) is 9.59 Å². The van der Waals surface area contributed by atoms with Gasteiger partial charge in [-0.3, -0.25) is 9.69 Å². The molecular weight excluding hydrogens is 458 g/mol. The number of thioether (sulfide) groups is 1. The van der Waals surface area contributed by atoms with Gasteiger partial charge in [-0.15, -0.1) is 0 Å². The minimum Gasteiger partial charge on any atom is -0.493 e. The summed E-state index contributed by atoms with van der Waals surface area (Å²) in [6, 6.07) is 4.52. The van der Waals surface area contributed by atoms with E-state index in [9.17, 15) is 14.7 Å². The first kappa shape index (κ1) is 27.2. The Morgan fingerprint density at radius 1 is 1.18 bits per heavy atom. The summed E-state index contributed by atoms with van der Waals surface area (Å²) in [6.45, 7) is 7.79. The zero-order valence-corrected chi connectivity index (χ0v) is 21.8. The van der Waals surface area contributed by atoms with E-state index in [-0.39, 0.29) is 22.2 Å². The van der Waals surface area contributed by atoms with Crippen LogP contribution in [0.15, 0.2) is 23.1 Å². The van der Waals surface area contributed by atoms with Gasteiger partial charge in [-0.05, 0) is 49.5 Å². The van der Waals surface area contributed by atoms with Crippen LogP contribution in [0, 0.1) is 5.92 Å². The maximum Gasteiger partial charge on any atom is 0.327 e. The number of hydrogen-bond acceptors (Lipinski definition) is 6. The van der Waals surface area contributed by atoms with Crippen LogP contribution >= 0.6 is 24.0 Å². The number of carboxylic acids is 1. The van der Waals surface area contributed by atoms with Crippen molar-refractivity contribution in [2.45, 2.75) is 78.4 Å². The van der Waals surface area contributed by atoms with Gasteiger partial charge in [-0.1, -0.05) is 76.5 Å². The molecule has 1 aliphatic rings. The van der Waals surface area contributed by atoms with Gasteiger partial charge in [0.1, 0.15) is 10.4 Å². The van der Waals surface area contributed by atoms with Gasteiger partial charge >= 0.3 is 5.97 Å². The molecule has 2 rings (SSSR count). The topological polar surface area (TPSA) is 76.1 Å². The number of aliphatic carboxylic acids is 1. The van der Waals surface area contributed by atoms with E-state index >= 15 is 0 Å². The van der Waals surface area contributed by atoms with Crippen molar-refractivity contribution in [1.82, 2.24) is 4.90 Å². The fourth-order valence-electron chi connectivity index (χ4n) is 3.75. The Kier molecular flexibility index (Phi) is 10.7. The van der Waals surface area contributed by atoms with Crippen LogP contribution in [0.4, 0.5) is 0 Å². The van der Waals surface area contributed by atoms with Crippen molar-refractivity contribution in [2.75, 3.05) is 7.11 Å². The van der Waals surface area contributed by atoms with E-state index < -0.39 is 12.0 Å². The molecular formula is C25H35NO5S2. The number of unbranched alkanes of at least 4 members (excludes halogenated alkanes) is 4. The zero-order valence-electron chi connectivity index (χ0n) is 20.1. The zero-order chi connectivity index (χ0) is 24.5. The third-order valence-electron chi connectivity index (χ3n) is 5.51. The quantitative estimate of drug-likeness (QED) is 0.201. The lowest BCUT2D eigenvalue weighted by Crippen LogP contribution is -2.47. The van der Waals surface area contributed by atoms with Crippen LogP contribution < -0.4 is 9.47 Å². The normalized spacial score (nSPS) is 17.0. The molecule has 0 aliphatic carbocycles. The lowest BCUT2D eigenvalue weighted by molar-refractivity contribution is -0.146. The Bertz CT molecular complexity index is 884. The lowest BCUT2D eigenvalue weighted by Gasteiger charge is -2.26. The molecule has 1 saturated heterocycles. The molecule has 1 aliphatic heterocycles. The first-order chi connectivity index (χ1) is 15.7. The van der Waals surface area contributed by atoms with Gasteiger partial charge in [-0.2, -0.15) is 0 Å².